The van der Waals surface area contributed by atoms with E-state index < -0.39 is 10.0 Å². The van der Waals surface area contributed by atoms with Gasteiger partial charge in [-0.2, -0.15) is 4.31 Å². The van der Waals surface area contributed by atoms with Gasteiger partial charge in [0.1, 0.15) is 11.2 Å². The molecule has 2 aromatic rings. The first-order valence-electron chi connectivity index (χ1n) is 6.86. The Labute approximate surface area is 129 Å². The molecule has 0 saturated carbocycles. The fourth-order valence-electron chi connectivity index (χ4n) is 2.78. The first-order valence-corrected chi connectivity index (χ1v) is 8.68. The summed E-state index contributed by atoms with van der Waals surface area (Å²) in [5.41, 5.74) is 0.985. The number of nitrogens with zero attached hydrogens (tertiary/aromatic N) is 1. The molecule has 4 nitrogen and oxygen atoms in total. The van der Waals surface area contributed by atoms with E-state index in [4.69, 9.17) is 16.0 Å². The SMILES string of the molecule is O=S(=O)(c1ccoc1)N1CCCC1Cc1ccccc1Cl. The maximum Gasteiger partial charge on any atom is 0.246 e. The third-order valence-corrected chi connectivity index (χ3v) is 6.13. The van der Waals surface area contributed by atoms with Gasteiger partial charge in [-0.3, -0.25) is 0 Å². The molecular weight excluding hydrogens is 310 g/mol. The molecule has 112 valence electrons. The highest BCUT2D eigenvalue weighted by Gasteiger charge is 2.35. The smallest absolute Gasteiger partial charge is 0.246 e. The van der Waals surface area contributed by atoms with Crippen LogP contribution in [0, 0.1) is 0 Å². The minimum atomic E-state index is -3.48. The lowest BCUT2D eigenvalue weighted by molar-refractivity contribution is 0.385. The molecule has 0 aliphatic carbocycles. The molecule has 0 N–H and O–H groups in total. The van der Waals surface area contributed by atoms with Crippen molar-refractivity contribution in [1.82, 2.24) is 4.31 Å². The Balaban J connectivity index is 1.85. The van der Waals surface area contributed by atoms with Crippen LogP contribution in [0.25, 0.3) is 0 Å². The molecule has 1 aliphatic rings. The summed E-state index contributed by atoms with van der Waals surface area (Å²) >= 11 is 6.18. The van der Waals surface area contributed by atoms with Crippen molar-refractivity contribution in [3.63, 3.8) is 0 Å². The molecule has 6 heteroatoms. The highest BCUT2D eigenvalue weighted by molar-refractivity contribution is 7.89. The number of halogens is 1. The summed E-state index contributed by atoms with van der Waals surface area (Å²) in [7, 11) is -3.48. The highest BCUT2D eigenvalue weighted by Crippen LogP contribution is 2.29. The third-order valence-electron chi connectivity index (χ3n) is 3.84. The summed E-state index contributed by atoms with van der Waals surface area (Å²) < 4.78 is 31.7. The van der Waals surface area contributed by atoms with Gasteiger partial charge in [0.25, 0.3) is 0 Å². The Bertz CT molecular complexity index is 712. The van der Waals surface area contributed by atoms with Crippen LogP contribution in [0.3, 0.4) is 0 Å². The van der Waals surface area contributed by atoms with Gasteiger partial charge in [0.05, 0.1) is 6.26 Å². The second-order valence-electron chi connectivity index (χ2n) is 5.17. The molecule has 3 rings (SSSR count). The van der Waals surface area contributed by atoms with Crippen LogP contribution in [0.1, 0.15) is 18.4 Å². The van der Waals surface area contributed by atoms with Crippen molar-refractivity contribution in [2.24, 2.45) is 0 Å². The van der Waals surface area contributed by atoms with Gasteiger partial charge in [-0.1, -0.05) is 29.8 Å². The standard InChI is InChI=1S/C15H16ClNO3S/c16-15-6-2-1-4-12(15)10-13-5-3-8-17(13)21(18,19)14-7-9-20-11-14/h1-2,4,6-7,9,11,13H,3,5,8,10H2. The fourth-order valence-corrected chi connectivity index (χ4v) is 4.61. The van der Waals surface area contributed by atoms with Crippen molar-refractivity contribution in [2.45, 2.75) is 30.2 Å². The van der Waals surface area contributed by atoms with Gasteiger partial charge in [-0.25, -0.2) is 8.42 Å². The van der Waals surface area contributed by atoms with Gasteiger partial charge < -0.3 is 4.42 Å². The molecular formula is C15H16ClNO3S. The minimum Gasteiger partial charge on any atom is -0.471 e. The Hall–Kier alpha value is -1.30. The largest absolute Gasteiger partial charge is 0.471 e. The van der Waals surface area contributed by atoms with E-state index >= 15 is 0 Å². The molecule has 21 heavy (non-hydrogen) atoms. The Morgan fingerprint density at radius 2 is 2.10 bits per heavy atom. The highest BCUT2D eigenvalue weighted by atomic mass is 35.5. The van der Waals surface area contributed by atoms with E-state index in [1.807, 2.05) is 24.3 Å². The van der Waals surface area contributed by atoms with Crippen LogP contribution in [-0.2, 0) is 16.4 Å². The van der Waals surface area contributed by atoms with Crippen LogP contribution in [0.15, 0.2) is 52.2 Å². The molecule has 2 heterocycles. The zero-order chi connectivity index (χ0) is 14.9. The predicted molar refractivity (Wildman–Crippen MR) is 80.8 cm³/mol. The van der Waals surface area contributed by atoms with Gasteiger partial charge in [0.15, 0.2) is 0 Å². The lowest BCUT2D eigenvalue weighted by Gasteiger charge is -2.23. The zero-order valence-electron chi connectivity index (χ0n) is 11.4. The number of furan rings is 1. The maximum absolute atomic E-state index is 12.6. The number of rotatable bonds is 4. The van der Waals surface area contributed by atoms with E-state index in [0.717, 1.165) is 18.4 Å². The second-order valence-corrected chi connectivity index (χ2v) is 7.46. The quantitative estimate of drug-likeness (QED) is 0.866. The van der Waals surface area contributed by atoms with Gasteiger partial charge in [0, 0.05) is 17.6 Å². The van der Waals surface area contributed by atoms with E-state index in [1.165, 1.54) is 18.6 Å². The Kier molecular flexibility index (Phi) is 4.06. The summed E-state index contributed by atoms with van der Waals surface area (Å²) in [6, 6.07) is 9.01. The summed E-state index contributed by atoms with van der Waals surface area (Å²) in [5.74, 6) is 0. The van der Waals surface area contributed by atoms with Crippen LogP contribution in [-0.4, -0.2) is 25.3 Å². The lowest BCUT2D eigenvalue weighted by atomic mass is 10.0. The van der Waals surface area contributed by atoms with Crippen molar-refractivity contribution >= 4 is 21.6 Å². The van der Waals surface area contributed by atoms with Gasteiger partial charge in [-0.05, 0) is 37.0 Å². The average Bonchev–Trinajstić information content (AvgIpc) is 3.12. The third kappa shape index (κ3) is 2.86. The van der Waals surface area contributed by atoms with Gasteiger partial charge in [0.2, 0.25) is 10.0 Å². The van der Waals surface area contributed by atoms with Gasteiger partial charge >= 0.3 is 0 Å². The van der Waals surface area contributed by atoms with Crippen molar-refractivity contribution < 1.29 is 12.8 Å². The zero-order valence-corrected chi connectivity index (χ0v) is 13.0. The van der Waals surface area contributed by atoms with Crippen LogP contribution < -0.4 is 0 Å². The molecule has 1 aromatic carbocycles. The Morgan fingerprint density at radius 3 is 2.81 bits per heavy atom. The van der Waals surface area contributed by atoms with E-state index in [1.54, 1.807) is 4.31 Å². The number of hydrogen-bond donors (Lipinski definition) is 0. The van der Waals surface area contributed by atoms with Crippen molar-refractivity contribution in [3.05, 3.63) is 53.4 Å². The lowest BCUT2D eigenvalue weighted by Crippen LogP contribution is -2.36. The molecule has 1 aromatic heterocycles. The molecule has 0 spiro atoms. The second kappa shape index (κ2) is 5.83. The van der Waals surface area contributed by atoms with Crippen molar-refractivity contribution in [1.29, 1.82) is 0 Å². The van der Waals surface area contributed by atoms with Crippen LogP contribution in [0.4, 0.5) is 0 Å². The van der Waals surface area contributed by atoms with Crippen molar-refractivity contribution in [3.8, 4) is 0 Å². The van der Waals surface area contributed by atoms with E-state index in [-0.39, 0.29) is 10.9 Å². The summed E-state index contributed by atoms with van der Waals surface area (Å²) in [6.45, 7) is 0.544. The molecule has 1 atom stereocenters. The number of sulfonamides is 1. The van der Waals surface area contributed by atoms with Crippen LogP contribution in [0.2, 0.25) is 5.02 Å². The van der Waals surface area contributed by atoms with E-state index in [9.17, 15) is 8.42 Å². The number of benzene rings is 1. The average molecular weight is 326 g/mol. The normalized spacial score (nSPS) is 20.0. The first-order chi connectivity index (χ1) is 10.1. The Morgan fingerprint density at radius 1 is 1.29 bits per heavy atom. The molecule has 1 unspecified atom stereocenters. The van der Waals surface area contributed by atoms with Gasteiger partial charge in [-0.15, -0.1) is 0 Å². The summed E-state index contributed by atoms with van der Waals surface area (Å²) in [6.07, 6.45) is 5.01. The van der Waals surface area contributed by atoms with Crippen molar-refractivity contribution in [2.75, 3.05) is 6.54 Å². The minimum absolute atomic E-state index is 0.0511. The first kappa shape index (κ1) is 14.6. The van der Waals surface area contributed by atoms with E-state index in [2.05, 4.69) is 0 Å². The topological polar surface area (TPSA) is 50.5 Å². The monoisotopic (exact) mass is 325 g/mol. The molecule has 0 radical (unpaired) electrons. The predicted octanol–water partition coefficient (Wildman–Crippen LogP) is 3.33. The molecule has 0 amide bonds. The maximum atomic E-state index is 12.6. The van der Waals surface area contributed by atoms with Crippen LogP contribution in [0.5, 0.6) is 0 Å². The number of hydrogen-bond acceptors (Lipinski definition) is 3. The van der Waals surface area contributed by atoms with E-state index in [0.29, 0.717) is 18.0 Å². The molecule has 0 bridgehead atoms. The molecule has 1 aliphatic heterocycles. The fraction of sp³-hybridized carbons (Fsp3) is 0.333. The molecule has 1 saturated heterocycles. The molecule has 1 fully saturated rings. The summed E-state index contributed by atoms with van der Waals surface area (Å²) in [5, 5.41) is 0.685. The van der Waals surface area contributed by atoms with Crippen LogP contribution >= 0.6 is 11.6 Å². The summed E-state index contributed by atoms with van der Waals surface area (Å²) in [4.78, 5) is 0.216.